The minimum atomic E-state index is -0.469. The monoisotopic (exact) mass is 492 g/mol. The molecule has 1 aliphatic heterocycles. The van der Waals surface area contributed by atoms with Crippen LogP contribution in [-0.2, 0) is 16.1 Å². The van der Waals surface area contributed by atoms with Gasteiger partial charge in [0.05, 0.1) is 23.2 Å². The van der Waals surface area contributed by atoms with Crippen molar-refractivity contribution in [1.82, 2.24) is 19.2 Å². The number of amides is 1. The molecule has 35 heavy (non-hydrogen) atoms. The first-order valence-electron chi connectivity index (χ1n) is 11.3. The average Bonchev–Trinajstić information content (AvgIpc) is 3.20. The van der Waals surface area contributed by atoms with E-state index in [1.807, 2.05) is 36.0 Å². The van der Waals surface area contributed by atoms with Gasteiger partial charge in [-0.05, 0) is 37.3 Å². The predicted molar refractivity (Wildman–Crippen MR) is 135 cm³/mol. The second-order valence-electron chi connectivity index (χ2n) is 7.97. The molecular weight excluding hydrogens is 468 g/mol. The van der Waals surface area contributed by atoms with E-state index in [1.54, 1.807) is 25.1 Å². The Labute approximate surface area is 204 Å². The Hall–Kier alpha value is -3.86. The highest BCUT2D eigenvalue weighted by Crippen LogP contribution is 2.24. The zero-order valence-electron chi connectivity index (χ0n) is 19.1. The topological polar surface area (TPSA) is 111 Å². The number of nitrogens with zero attached hydrogens (tertiary/aromatic N) is 5. The fourth-order valence-electron chi connectivity index (χ4n) is 4.05. The van der Waals surface area contributed by atoms with E-state index >= 15 is 0 Å². The van der Waals surface area contributed by atoms with Crippen molar-refractivity contribution in [2.45, 2.75) is 13.5 Å². The van der Waals surface area contributed by atoms with Gasteiger partial charge in [0.1, 0.15) is 6.54 Å². The number of hydrogen-bond donors (Lipinski definition) is 1. The van der Waals surface area contributed by atoms with Crippen LogP contribution in [0.1, 0.15) is 17.3 Å². The van der Waals surface area contributed by atoms with Crippen molar-refractivity contribution in [3.8, 4) is 0 Å². The van der Waals surface area contributed by atoms with Crippen molar-refractivity contribution in [1.29, 1.82) is 0 Å². The molecule has 0 atom stereocenters. The fraction of sp³-hybridized carbons (Fsp3) is 0.292. The minimum Gasteiger partial charge on any atom is -0.462 e. The highest BCUT2D eigenvalue weighted by Gasteiger charge is 2.22. The summed E-state index contributed by atoms with van der Waals surface area (Å²) in [6.45, 7) is 3.32. The molecule has 0 bridgehead atoms. The third-order valence-corrected chi connectivity index (χ3v) is 6.59. The van der Waals surface area contributed by atoms with Crippen molar-refractivity contribution in [2.24, 2.45) is 0 Å². The second-order valence-corrected chi connectivity index (χ2v) is 9.20. The smallest absolute Gasteiger partial charge is 0.351 e. The molecule has 1 saturated heterocycles. The van der Waals surface area contributed by atoms with E-state index in [0.717, 1.165) is 29.3 Å². The first-order valence-corrected chi connectivity index (χ1v) is 12.5. The van der Waals surface area contributed by atoms with Crippen molar-refractivity contribution in [3.05, 3.63) is 64.6 Å². The molecule has 1 amide bonds. The van der Waals surface area contributed by atoms with Gasteiger partial charge in [-0.2, -0.15) is 11.8 Å². The van der Waals surface area contributed by atoms with Crippen LogP contribution < -0.4 is 15.9 Å². The van der Waals surface area contributed by atoms with E-state index in [0.29, 0.717) is 33.7 Å². The van der Waals surface area contributed by atoms with Crippen LogP contribution in [0.25, 0.3) is 16.7 Å². The van der Waals surface area contributed by atoms with Gasteiger partial charge >= 0.3 is 11.7 Å². The molecule has 11 heteroatoms. The van der Waals surface area contributed by atoms with Gasteiger partial charge in [-0.25, -0.2) is 23.7 Å². The number of carbonyl (C=O) groups excluding carboxylic acids is 2. The Bertz CT molecular complexity index is 1470. The summed E-state index contributed by atoms with van der Waals surface area (Å²) in [6, 6.07) is 13.9. The number of esters is 1. The van der Waals surface area contributed by atoms with Crippen LogP contribution in [0.4, 0.5) is 11.5 Å². The number of carbonyl (C=O) groups is 2. The molecule has 5 rings (SSSR count). The third kappa shape index (κ3) is 4.59. The number of ether oxygens (including phenoxy) is 1. The molecule has 10 nitrogen and oxygen atoms in total. The summed E-state index contributed by atoms with van der Waals surface area (Å²) in [4.78, 5) is 45.1. The summed E-state index contributed by atoms with van der Waals surface area (Å²) >= 11 is 1.88. The van der Waals surface area contributed by atoms with Crippen LogP contribution in [0.2, 0.25) is 0 Å². The quantitative estimate of drug-likeness (QED) is 0.409. The molecule has 0 saturated carbocycles. The maximum atomic E-state index is 13.4. The van der Waals surface area contributed by atoms with Crippen molar-refractivity contribution < 1.29 is 14.3 Å². The van der Waals surface area contributed by atoms with Gasteiger partial charge in [0.2, 0.25) is 11.6 Å². The molecule has 180 valence electrons. The van der Waals surface area contributed by atoms with Crippen LogP contribution in [-0.4, -0.2) is 62.2 Å². The summed E-state index contributed by atoms with van der Waals surface area (Å²) < 4.78 is 7.68. The zero-order chi connectivity index (χ0) is 24.4. The Morgan fingerprint density at radius 3 is 2.71 bits per heavy atom. The van der Waals surface area contributed by atoms with Crippen molar-refractivity contribution in [3.63, 3.8) is 0 Å². The number of aromatic nitrogens is 4. The number of thioether (sulfide) groups is 1. The Morgan fingerprint density at radius 1 is 1.11 bits per heavy atom. The molecule has 0 spiro atoms. The minimum absolute atomic E-state index is 0.258. The van der Waals surface area contributed by atoms with Crippen LogP contribution >= 0.6 is 11.8 Å². The molecule has 0 aliphatic carbocycles. The third-order valence-electron chi connectivity index (χ3n) is 5.65. The van der Waals surface area contributed by atoms with Gasteiger partial charge in [0, 0.05) is 30.3 Å². The lowest BCUT2D eigenvalue weighted by Crippen LogP contribution is -2.33. The first kappa shape index (κ1) is 22.9. The normalized spacial score (nSPS) is 13.8. The molecule has 2 aromatic carbocycles. The van der Waals surface area contributed by atoms with Crippen LogP contribution in [0.15, 0.2) is 53.3 Å². The SMILES string of the molecule is CCOC(=O)c1cccc(NC(=O)Cn2nc3c(N4CCSCC4)nc4ccccc4n3c2=O)c1. The standard InChI is InChI=1S/C24H24N6O4S/c1-2-34-23(32)16-6-5-7-17(14-16)25-20(31)15-29-24(33)30-19-9-4-3-8-18(19)26-21(22(30)27-29)28-10-12-35-13-11-28/h3-9,14H,2,10-13,15H2,1H3,(H,25,31). The highest BCUT2D eigenvalue weighted by atomic mass is 32.2. The Morgan fingerprint density at radius 2 is 1.91 bits per heavy atom. The molecule has 1 aliphatic rings. The largest absolute Gasteiger partial charge is 0.462 e. The molecule has 1 N–H and O–H groups in total. The second kappa shape index (κ2) is 9.79. The molecule has 3 heterocycles. The maximum Gasteiger partial charge on any atom is 0.351 e. The number of nitrogens with one attached hydrogen (secondary N) is 1. The van der Waals surface area contributed by atoms with Gasteiger partial charge in [0.25, 0.3) is 0 Å². The zero-order valence-corrected chi connectivity index (χ0v) is 20.0. The number of benzene rings is 2. The van der Waals surface area contributed by atoms with Crippen molar-refractivity contribution in [2.75, 3.05) is 41.4 Å². The molecule has 1 fully saturated rings. The number of para-hydroxylation sites is 2. The Balaban J connectivity index is 1.47. The fourth-order valence-corrected chi connectivity index (χ4v) is 4.95. The average molecular weight is 493 g/mol. The van der Waals surface area contributed by atoms with E-state index in [2.05, 4.69) is 15.3 Å². The predicted octanol–water partition coefficient (Wildman–Crippen LogP) is 2.41. The van der Waals surface area contributed by atoms with Crippen molar-refractivity contribution >= 4 is 51.8 Å². The van der Waals surface area contributed by atoms with Gasteiger partial charge in [-0.15, -0.1) is 5.10 Å². The summed E-state index contributed by atoms with van der Waals surface area (Å²) in [7, 11) is 0. The van der Waals surface area contributed by atoms with Gasteiger partial charge in [-0.3, -0.25) is 4.79 Å². The number of hydrogen-bond acceptors (Lipinski definition) is 8. The summed E-state index contributed by atoms with van der Waals surface area (Å²) in [5.41, 5.74) is 2.10. The van der Waals surface area contributed by atoms with Crippen LogP contribution in [0.5, 0.6) is 0 Å². The molecule has 0 unspecified atom stereocenters. The summed E-state index contributed by atoms with van der Waals surface area (Å²) in [6.07, 6.45) is 0. The summed E-state index contributed by atoms with van der Waals surface area (Å²) in [5.74, 6) is 1.67. The lowest BCUT2D eigenvalue weighted by atomic mass is 10.2. The molecule has 0 radical (unpaired) electrons. The van der Waals surface area contributed by atoms with Gasteiger partial charge in [0.15, 0.2) is 5.82 Å². The highest BCUT2D eigenvalue weighted by molar-refractivity contribution is 7.99. The van der Waals surface area contributed by atoms with E-state index in [4.69, 9.17) is 9.72 Å². The van der Waals surface area contributed by atoms with E-state index in [9.17, 15) is 14.4 Å². The van der Waals surface area contributed by atoms with Crippen LogP contribution in [0, 0.1) is 0 Å². The van der Waals surface area contributed by atoms with E-state index < -0.39 is 17.6 Å². The number of fused-ring (bicyclic) bond motifs is 3. The van der Waals surface area contributed by atoms with E-state index in [-0.39, 0.29) is 13.2 Å². The first-order chi connectivity index (χ1) is 17.0. The number of rotatable bonds is 6. The number of anilines is 2. The lowest BCUT2D eigenvalue weighted by molar-refractivity contribution is -0.117. The molecular formula is C24H24N6O4S. The maximum absolute atomic E-state index is 13.4. The molecule has 2 aromatic heterocycles. The summed E-state index contributed by atoms with van der Waals surface area (Å²) in [5, 5.41) is 7.24. The van der Waals surface area contributed by atoms with Gasteiger partial charge < -0.3 is 15.0 Å². The van der Waals surface area contributed by atoms with Gasteiger partial charge in [-0.1, -0.05) is 18.2 Å². The molecule has 4 aromatic rings. The Kier molecular flexibility index (Phi) is 6.41. The van der Waals surface area contributed by atoms with E-state index in [1.165, 1.54) is 10.5 Å². The lowest BCUT2D eigenvalue weighted by Gasteiger charge is -2.27. The van der Waals surface area contributed by atoms with Crippen LogP contribution in [0.3, 0.4) is 0 Å².